The van der Waals surface area contributed by atoms with Crippen LogP contribution in [-0.4, -0.2) is 115 Å². The first-order valence-electron chi connectivity index (χ1n) is 20.6. The van der Waals surface area contributed by atoms with E-state index in [4.69, 9.17) is 4.74 Å². The zero-order chi connectivity index (χ0) is 40.7. The van der Waals surface area contributed by atoms with Gasteiger partial charge in [-0.25, -0.2) is 0 Å². The monoisotopic (exact) mass is 775 g/mol. The minimum Gasteiger partial charge on any atom is -0.361 e. The maximum Gasteiger partial charge on any atom is 0.243 e. The number of amides is 4. The number of hydrogen-bond donors (Lipinski definition) is 4. The standard InChI is InChI=1S/C44H66N6O6/c1-31(2)27-36(40(52)44(5)30-56-44)46-43(55)38(29-34-17-11-8-12-18-34)48-42(54)37(28-32(3)4)47-41(53)35(21-20-33-15-9-7-10-16-33)45-39(51)19-13-14-22-50-25-23-49(6)24-26-50/h7-12,15-18,31-32,35-38H,13-14,19-30H2,1-6H3,(H,45,51)(H,46,55)(H,47,53)(H,48,54)/t35-,36?,37?,38-,44?/m0/s1. The Bertz CT molecular complexity index is 1560. The molecule has 0 aliphatic carbocycles. The molecule has 2 aliphatic heterocycles. The maximum absolute atomic E-state index is 14.1. The molecule has 4 amide bonds. The van der Waals surface area contributed by atoms with Gasteiger partial charge in [0.15, 0.2) is 5.78 Å². The number of epoxide rings is 1. The minimum atomic E-state index is -1.02. The number of ketones is 1. The second kappa shape index (κ2) is 22.0. The topological polar surface area (TPSA) is 152 Å². The molecule has 3 unspecified atom stereocenters. The average Bonchev–Trinajstić information content (AvgIpc) is 3.93. The second-order valence-electron chi connectivity index (χ2n) is 16.8. The van der Waals surface area contributed by atoms with Crippen molar-refractivity contribution in [1.29, 1.82) is 0 Å². The van der Waals surface area contributed by atoms with Crippen LogP contribution in [-0.2, 0) is 41.6 Å². The van der Waals surface area contributed by atoms with Gasteiger partial charge in [0.05, 0.1) is 12.6 Å². The number of Topliss-reactive ketones (excluding diaryl/α,β-unsaturated/α-hetero) is 1. The van der Waals surface area contributed by atoms with E-state index in [9.17, 15) is 24.0 Å². The molecule has 0 saturated carbocycles. The van der Waals surface area contributed by atoms with E-state index in [0.717, 1.165) is 50.3 Å². The molecule has 0 spiro atoms. The first-order chi connectivity index (χ1) is 26.7. The van der Waals surface area contributed by atoms with E-state index in [1.165, 1.54) is 0 Å². The predicted molar refractivity (Wildman–Crippen MR) is 219 cm³/mol. The van der Waals surface area contributed by atoms with Crippen molar-refractivity contribution in [3.63, 3.8) is 0 Å². The third kappa shape index (κ3) is 15.1. The highest BCUT2D eigenvalue weighted by atomic mass is 16.6. The summed E-state index contributed by atoms with van der Waals surface area (Å²) in [6.45, 7) is 15.0. The fourth-order valence-electron chi connectivity index (χ4n) is 7.08. The molecule has 12 heteroatoms. The van der Waals surface area contributed by atoms with Crippen molar-refractivity contribution in [3.8, 4) is 0 Å². The van der Waals surface area contributed by atoms with Crippen molar-refractivity contribution >= 4 is 29.4 Å². The molecule has 4 N–H and O–H groups in total. The number of unbranched alkanes of at least 4 members (excludes halogenated alkanes) is 1. The van der Waals surface area contributed by atoms with Crippen LogP contribution >= 0.6 is 0 Å². The molecular formula is C44H66N6O6. The van der Waals surface area contributed by atoms with Gasteiger partial charge >= 0.3 is 0 Å². The van der Waals surface area contributed by atoms with Crippen molar-refractivity contribution in [1.82, 2.24) is 31.1 Å². The van der Waals surface area contributed by atoms with E-state index < -0.39 is 47.5 Å². The lowest BCUT2D eigenvalue weighted by Gasteiger charge is -2.32. The highest BCUT2D eigenvalue weighted by molar-refractivity contribution is 5.98. The Morgan fingerprint density at radius 3 is 1.79 bits per heavy atom. The first-order valence-corrected chi connectivity index (χ1v) is 20.6. The summed E-state index contributed by atoms with van der Waals surface area (Å²) in [5.74, 6) is -1.68. The highest BCUT2D eigenvalue weighted by Gasteiger charge is 2.50. The molecule has 12 nitrogen and oxygen atoms in total. The number of benzene rings is 2. The third-order valence-electron chi connectivity index (χ3n) is 10.6. The lowest BCUT2D eigenvalue weighted by molar-refractivity contribution is -0.135. The van der Waals surface area contributed by atoms with Crippen molar-refractivity contribution < 1.29 is 28.7 Å². The number of hydrogen-bond acceptors (Lipinski definition) is 8. The molecule has 2 aromatic carbocycles. The quantitative estimate of drug-likeness (QED) is 0.0987. The van der Waals surface area contributed by atoms with E-state index in [1.54, 1.807) is 6.92 Å². The zero-order valence-electron chi connectivity index (χ0n) is 34.5. The van der Waals surface area contributed by atoms with E-state index in [2.05, 4.69) is 38.1 Å². The molecule has 2 aliphatic rings. The van der Waals surface area contributed by atoms with E-state index >= 15 is 0 Å². The number of piperazine rings is 1. The smallest absolute Gasteiger partial charge is 0.243 e. The Labute approximate surface area is 334 Å². The van der Waals surface area contributed by atoms with Gasteiger partial charge in [-0.15, -0.1) is 0 Å². The largest absolute Gasteiger partial charge is 0.361 e. The molecule has 56 heavy (non-hydrogen) atoms. The van der Waals surface area contributed by atoms with Gasteiger partial charge in [-0.2, -0.15) is 0 Å². The fourth-order valence-corrected chi connectivity index (χ4v) is 7.08. The predicted octanol–water partition coefficient (Wildman–Crippen LogP) is 3.67. The van der Waals surface area contributed by atoms with Gasteiger partial charge in [0.2, 0.25) is 23.6 Å². The van der Waals surface area contributed by atoms with Gasteiger partial charge in [-0.05, 0) is 82.0 Å². The second-order valence-corrected chi connectivity index (χ2v) is 16.8. The van der Waals surface area contributed by atoms with E-state index in [-0.39, 0.29) is 29.9 Å². The molecule has 2 aromatic rings. The lowest BCUT2D eigenvalue weighted by atomic mass is 9.93. The van der Waals surface area contributed by atoms with Crippen LogP contribution in [0.1, 0.15) is 84.3 Å². The Balaban J connectivity index is 1.45. The van der Waals surface area contributed by atoms with Crippen molar-refractivity contribution in [3.05, 3.63) is 71.8 Å². The number of nitrogens with one attached hydrogen (secondary N) is 4. The lowest BCUT2D eigenvalue weighted by Crippen LogP contribution is -2.59. The van der Waals surface area contributed by atoms with Crippen LogP contribution < -0.4 is 21.3 Å². The SMILES string of the molecule is CC(C)CC(NC(=O)[C@H](CCc1ccccc1)NC(=O)CCCCN1CCN(C)CC1)C(=O)N[C@@H](Cc1ccccc1)C(=O)NC(CC(C)C)C(=O)C1(C)CO1. The maximum atomic E-state index is 14.1. The van der Waals surface area contributed by atoms with Crippen LogP contribution in [0.5, 0.6) is 0 Å². The minimum absolute atomic E-state index is 0.0254. The molecule has 4 rings (SSSR count). The van der Waals surface area contributed by atoms with E-state index in [0.29, 0.717) is 45.1 Å². The third-order valence-corrected chi connectivity index (χ3v) is 10.6. The first kappa shape index (κ1) is 44.6. The number of nitrogens with zero attached hydrogens (tertiary/aromatic N) is 2. The van der Waals surface area contributed by atoms with Gasteiger partial charge in [0.25, 0.3) is 0 Å². The summed E-state index contributed by atoms with van der Waals surface area (Å²) in [5.41, 5.74) is 0.942. The molecule has 0 bridgehead atoms. The van der Waals surface area contributed by atoms with Crippen LogP contribution in [0, 0.1) is 11.8 Å². The number of rotatable bonds is 23. The Morgan fingerprint density at radius 1 is 0.679 bits per heavy atom. The van der Waals surface area contributed by atoms with Gasteiger partial charge < -0.3 is 35.8 Å². The number of carbonyl (C=O) groups excluding carboxylic acids is 5. The van der Waals surface area contributed by atoms with Crippen LogP contribution in [0.2, 0.25) is 0 Å². The van der Waals surface area contributed by atoms with Gasteiger partial charge in [0, 0.05) is 39.0 Å². The number of aryl methyl sites for hydroxylation is 1. The summed E-state index contributed by atoms with van der Waals surface area (Å²) in [7, 11) is 2.13. The summed E-state index contributed by atoms with van der Waals surface area (Å²) in [6.07, 6.45) is 3.74. The summed E-state index contributed by atoms with van der Waals surface area (Å²) in [4.78, 5) is 73.6. The van der Waals surface area contributed by atoms with Gasteiger partial charge in [0.1, 0.15) is 23.7 Å². The normalized spacial score (nSPS) is 19.4. The summed E-state index contributed by atoms with van der Waals surface area (Å²) in [6, 6.07) is 15.5. The van der Waals surface area contributed by atoms with Crippen molar-refractivity contribution in [2.24, 2.45) is 11.8 Å². The number of carbonyl (C=O) groups is 5. The Morgan fingerprint density at radius 2 is 1.20 bits per heavy atom. The average molecular weight is 775 g/mol. The molecule has 308 valence electrons. The fraction of sp³-hybridized carbons (Fsp3) is 0.614. The number of ether oxygens (including phenoxy) is 1. The van der Waals surface area contributed by atoms with Crippen LogP contribution in [0.4, 0.5) is 0 Å². The molecule has 2 fully saturated rings. The Hall–Kier alpha value is -4.13. The molecular weight excluding hydrogens is 709 g/mol. The van der Waals surface area contributed by atoms with Gasteiger partial charge in [-0.3, -0.25) is 24.0 Å². The molecule has 0 radical (unpaired) electrons. The van der Waals surface area contributed by atoms with Crippen molar-refractivity contribution in [2.45, 2.75) is 116 Å². The zero-order valence-corrected chi connectivity index (χ0v) is 34.5. The summed E-state index contributed by atoms with van der Waals surface area (Å²) >= 11 is 0. The van der Waals surface area contributed by atoms with Crippen LogP contribution in [0.15, 0.2) is 60.7 Å². The Kier molecular flexibility index (Phi) is 17.5. The number of likely N-dealkylation sites (N-methyl/N-ethyl adjacent to an activating group) is 1. The summed E-state index contributed by atoms with van der Waals surface area (Å²) < 4.78 is 5.42. The van der Waals surface area contributed by atoms with E-state index in [1.807, 2.05) is 88.4 Å². The molecule has 5 atom stereocenters. The summed E-state index contributed by atoms with van der Waals surface area (Å²) in [5, 5.41) is 11.8. The van der Waals surface area contributed by atoms with Crippen LogP contribution in [0.25, 0.3) is 0 Å². The highest BCUT2D eigenvalue weighted by Crippen LogP contribution is 2.29. The molecule has 0 aromatic heterocycles. The molecule has 2 saturated heterocycles. The van der Waals surface area contributed by atoms with Crippen LogP contribution in [0.3, 0.4) is 0 Å². The van der Waals surface area contributed by atoms with Gasteiger partial charge in [-0.1, -0.05) is 88.4 Å². The van der Waals surface area contributed by atoms with Crippen molar-refractivity contribution in [2.75, 3.05) is 46.4 Å². The molecule has 2 heterocycles.